The number of ether oxygens (including phenoxy) is 2. The van der Waals surface area contributed by atoms with Gasteiger partial charge in [-0.2, -0.15) is 0 Å². The second kappa shape index (κ2) is 19.7. The number of aryl methyl sites for hydroxylation is 1. The maximum absolute atomic E-state index is 14.5. The number of aromatic nitrogens is 2. The molecule has 1 unspecified atom stereocenters. The van der Waals surface area contributed by atoms with E-state index >= 15 is 0 Å². The van der Waals surface area contributed by atoms with Crippen LogP contribution in [-0.2, 0) is 46.4 Å². The number of rotatable bonds is 16. The number of methoxy groups -OCH3 is 1. The summed E-state index contributed by atoms with van der Waals surface area (Å²) < 4.78 is 14.1. The van der Waals surface area contributed by atoms with E-state index in [2.05, 4.69) is 79.1 Å². The standard InChI is InChI=1S/C51H65N7O7/c1-10-41(60)56-27-32(5)38(28-56)49(62)55(8)45(31(3)4)48(61)54-39(50(63)58-23-13-12-22-53-58)25-33-16-14-17-34(24-33)35-19-20-40-37(26-35)42-43(51(6,7)29-65-30-59)47(64-9)44-36(18-15-21-52-44)46(42)57(40)11-2/h10,14-21,24,26,30-32,38-39,43,45,47,53H,1,11-13,22-23,25,27-29H2,2-9H3,(H,54,61)/t32-,38-,39+,43?,45+,47+/m1/s1. The highest BCUT2D eigenvalue weighted by Gasteiger charge is 2.47. The van der Waals surface area contributed by atoms with Crippen LogP contribution in [0.4, 0.5) is 0 Å². The maximum atomic E-state index is 14.5. The second-order valence-electron chi connectivity index (χ2n) is 18.9. The molecule has 0 spiro atoms. The van der Waals surface area contributed by atoms with Crippen molar-refractivity contribution in [1.82, 2.24) is 35.1 Å². The first-order valence-corrected chi connectivity index (χ1v) is 23.0. The van der Waals surface area contributed by atoms with Gasteiger partial charge in [-0.15, -0.1) is 0 Å². The molecule has 2 aromatic carbocycles. The molecular weight excluding hydrogens is 823 g/mol. The Morgan fingerprint density at radius 2 is 1.83 bits per heavy atom. The normalized spacial score (nSPS) is 20.4. The van der Waals surface area contributed by atoms with E-state index in [1.165, 1.54) is 11.0 Å². The first-order chi connectivity index (χ1) is 31.1. The summed E-state index contributed by atoms with van der Waals surface area (Å²) in [4.78, 5) is 74.8. The predicted molar refractivity (Wildman–Crippen MR) is 250 cm³/mol. The first kappa shape index (κ1) is 47.1. The zero-order valence-corrected chi connectivity index (χ0v) is 39.1. The minimum Gasteiger partial charge on any atom is -0.467 e. The molecule has 4 amide bonds. The molecule has 2 fully saturated rings. The van der Waals surface area contributed by atoms with Gasteiger partial charge in [0.1, 0.15) is 18.2 Å². The number of fused-ring (bicyclic) bond motifs is 5. The Bertz CT molecular complexity index is 2440. The lowest BCUT2D eigenvalue weighted by Gasteiger charge is -2.42. The van der Waals surface area contributed by atoms with Crippen molar-refractivity contribution >= 4 is 41.0 Å². The molecule has 0 bridgehead atoms. The van der Waals surface area contributed by atoms with Gasteiger partial charge in [-0.3, -0.25) is 34.0 Å². The Morgan fingerprint density at radius 3 is 2.51 bits per heavy atom. The third-order valence-electron chi connectivity index (χ3n) is 13.8. The Labute approximate surface area is 382 Å². The number of hydrazine groups is 1. The van der Waals surface area contributed by atoms with Crippen LogP contribution in [0.2, 0.25) is 0 Å². The number of benzene rings is 2. The summed E-state index contributed by atoms with van der Waals surface area (Å²) in [6.45, 7) is 18.9. The van der Waals surface area contributed by atoms with Crippen molar-refractivity contribution in [3.8, 4) is 22.4 Å². The molecule has 346 valence electrons. The Morgan fingerprint density at radius 1 is 1.06 bits per heavy atom. The molecule has 4 aromatic rings. The fraction of sp³-hybridized carbons (Fsp3) is 0.490. The lowest BCUT2D eigenvalue weighted by molar-refractivity contribution is -0.146. The highest BCUT2D eigenvalue weighted by atomic mass is 16.5. The summed E-state index contributed by atoms with van der Waals surface area (Å²) in [5.41, 5.74) is 10.6. The van der Waals surface area contributed by atoms with Crippen molar-refractivity contribution in [2.24, 2.45) is 23.2 Å². The van der Waals surface area contributed by atoms with Gasteiger partial charge in [-0.05, 0) is 84.2 Å². The van der Waals surface area contributed by atoms with Gasteiger partial charge < -0.3 is 29.2 Å². The number of carbonyl (C=O) groups excluding carboxylic acids is 5. The molecule has 14 heteroatoms. The summed E-state index contributed by atoms with van der Waals surface area (Å²) in [5, 5.41) is 5.77. The molecule has 2 aromatic heterocycles. The van der Waals surface area contributed by atoms with Crippen LogP contribution < -0.4 is 10.7 Å². The fourth-order valence-corrected chi connectivity index (χ4v) is 10.6. The average Bonchev–Trinajstić information content (AvgIpc) is 3.86. The lowest BCUT2D eigenvalue weighted by atomic mass is 9.67. The molecule has 7 rings (SSSR count). The largest absolute Gasteiger partial charge is 0.467 e. The number of nitrogens with one attached hydrogen (secondary N) is 2. The van der Waals surface area contributed by atoms with E-state index in [0.29, 0.717) is 32.7 Å². The van der Waals surface area contributed by atoms with Crippen molar-refractivity contribution in [3.63, 3.8) is 0 Å². The minimum atomic E-state index is -0.927. The topological polar surface area (TPSA) is 155 Å². The van der Waals surface area contributed by atoms with Gasteiger partial charge in [0.05, 0.1) is 23.9 Å². The number of likely N-dealkylation sites (N-methyl/N-ethyl adjacent to an activating group) is 1. The number of likely N-dealkylation sites (tertiary alicyclic amines) is 1. The number of hydrogen-bond acceptors (Lipinski definition) is 9. The average molecular weight is 888 g/mol. The van der Waals surface area contributed by atoms with Crippen LogP contribution in [0.25, 0.3) is 33.3 Å². The van der Waals surface area contributed by atoms with Crippen LogP contribution in [0.1, 0.15) is 83.2 Å². The van der Waals surface area contributed by atoms with Gasteiger partial charge in [0.25, 0.3) is 12.4 Å². The Balaban J connectivity index is 1.23. The van der Waals surface area contributed by atoms with E-state index in [-0.39, 0.29) is 55.0 Å². The number of amides is 4. The first-order valence-electron chi connectivity index (χ1n) is 23.0. The van der Waals surface area contributed by atoms with Gasteiger partial charge in [0, 0.05) is 87.3 Å². The minimum absolute atomic E-state index is 0.0956. The number of pyridine rings is 1. The van der Waals surface area contributed by atoms with Gasteiger partial charge >= 0.3 is 0 Å². The molecule has 2 N–H and O–H groups in total. The summed E-state index contributed by atoms with van der Waals surface area (Å²) in [6, 6.07) is 16.8. The highest BCUT2D eigenvalue weighted by Crippen LogP contribution is 2.57. The van der Waals surface area contributed by atoms with E-state index in [1.54, 1.807) is 30.3 Å². The summed E-state index contributed by atoms with van der Waals surface area (Å²) >= 11 is 0. The number of hydrogen-bond donors (Lipinski definition) is 2. The zero-order valence-electron chi connectivity index (χ0n) is 39.1. The molecule has 14 nitrogen and oxygen atoms in total. The summed E-state index contributed by atoms with van der Waals surface area (Å²) in [7, 11) is 3.34. The van der Waals surface area contributed by atoms with Crippen LogP contribution in [-0.4, -0.2) is 113 Å². The molecule has 3 aliphatic rings. The van der Waals surface area contributed by atoms with Crippen molar-refractivity contribution < 1.29 is 33.4 Å². The molecule has 6 atom stereocenters. The Hall–Kier alpha value is -5.86. The third kappa shape index (κ3) is 9.20. The molecular formula is C51H65N7O7. The molecule has 65 heavy (non-hydrogen) atoms. The lowest BCUT2D eigenvalue weighted by Crippen LogP contribution is -2.60. The fourth-order valence-electron chi connectivity index (χ4n) is 10.6. The van der Waals surface area contributed by atoms with Crippen molar-refractivity contribution in [3.05, 3.63) is 90.3 Å². The molecule has 4 heterocycles. The smallest absolute Gasteiger partial charge is 0.293 e. The monoisotopic (exact) mass is 887 g/mol. The number of carbonyl (C=O) groups is 5. The van der Waals surface area contributed by atoms with Gasteiger partial charge in [-0.25, -0.2) is 5.43 Å². The molecule has 2 saturated heterocycles. The van der Waals surface area contributed by atoms with Crippen LogP contribution in [0.5, 0.6) is 0 Å². The van der Waals surface area contributed by atoms with Crippen molar-refractivity contribution in [2.45, 2.75) is 91.5 Å². The van der Waals surface area contributed by atoms with Gasteiger partial charge in [-0.1, -0.05) is 71.5 Å². The van der Waals surface area contributed by atoms with Crippen molar-refractivity contribution in [2.75, 3.05) is 46.9 Å². The Kier molecular flexibility index (Phi) is 14.3. The van der Waals surface area contributed by atoms with E-state index in [9.17, 15) is 24.0 Å². The molecule has 2 aliphatic heterocycles. The third-order valence-corrected chi connectivity index (χ3v) is 13.8. The molecule has 0 saturated carbocycles. The van der Waals surface area contributed by atoms with Crippen LogP contribution in [0.3, 0.4) is 0 Å². The van der Waals surface area contributed by atoms with Gasteiger partial charge in [0.2, 0.25) is 17.7 Å². The van der Waals surface area contributed by atoms with E-state index < -0.39 is 35.4 Å². The summed E-state index contributed by atoms with van der Waals surface area (Å²) in [5.74, 6) is -2.15. The summed E-state index contributed by atoms with van der Waals surface area (Å²) in [6.07, 6.45) is 4.65. The highest BCUT2D eigenvalue weighted by molar-refractivity contribution is 5.97. The quantitative estimate of drug-likeness (QED) is 0.0976. The van der Waals surface area contributed by atoms with Crippen LogP contribution in [0, 0.1) is 23.2 Å². The second-order valence-corrected chi connectivity index (χ2v) is 18.9. The van der Waals surface area contributed by atoms with Crippen LogP contribution >= 0.6 is 0 Å². The van der Waals surface area contributed by atoms with Crippen molar-refractivity contribution in [1.29, 1.82) is 0 Å². The van der Waals surface area contributed by atoms with E-state index in [1.807, 2.05) is 39.0 Å². The zero-order chi connectivity index (χ0) is 46.7. The molecule has 0 radical (unpaired) electrons. The van der Waals surface area contributed by atoms with E-state index in [4.69, 9.17) is 14.5 Å². The predicted octanol–water partition coefficient (Wildman–Crippen LogP) is 6.29. The SMILES string of the molecule is C=CC(=O)N1C[C@@H](C)[C@H](C(=O)N(C)[C@H](C(=O)N[C@@H](Cc2cccc(-c3ccc4c(c3)c3c(n4CC)-c4cccnc4[C@@H](OC)C3C(C)(C)COC=O)c2)C(=O)N2CCCCN2)C(C)C)C1. The van der Waals surface area contributed by atoms with Gasteiger partial charge in [0.15, 0.2) is 0 Å². The van der Waals surface area contributed by atoms with Crippen LogP contribution in [0.15, 0.2) is 73.4 Å². The maximum Gasteiger partial charge on any atom is 0.293 e. The molecule has 1 aliphatic carbocycles. The number of nitrogens with zero attached hydrogens (tertiary/aromatic N) is 5. The van der Waals surface area contributed by atoms with E-state index in [0.717, 1.165) is 62.9 Å².